The minimum Gasteiger partial charge on any atom is -0.366 e. The van der Waals surface area contributed by atoms with Crippen molar-refractivity contribution < 1.29 is 14.0 Å². The summed E-state index contributed by atoms with van der Waals surface area (Å²) in [4.78, 5) is 30.5. The summed E-state index contributed by atoms with van der Waals surface area (Å²) in [5.74, 6) is -1.10. The fraction of sp³-hybridized carbons (Fsp3) is 0.167. The highest BCUT2D eigenvalue weighted by Gasteiger charge is 2.53. The molecule has 1 spiro atoms. The smallest absolute Gasteiger partial charge is 0.253 e. The summed E-state index contributed by atoms with van der Waals surface area (Å²) < 4.78 is 16.0. The number of pyridine rings is 1. The molecule has 8 nitrogen and oxygen atoms in total. The number of rotatable bonds is 2. The van der Waals surface area contributed by atoms with Crippen molar-refractivity contribution in [2.24, 2.45) is 0 Å². The molecule has 0 saturated carbocycles. The highest BCUT2D eigenvalue weighted by Crippen LogP contribution is 2.45. The van der Waals surface area contributed by atoms with Crippen LogP contribution in [-0.4, -0.2) is 50.5 Å². The number of carbonyl (C=O) groups excluding carboxylic acids is 2. The Morgan fingerprint density at radius 3 is 2.82 bits per heavy atom. The first-order valence-electron chi connectivity index (χ1n) is 10.6. The van der Waals surface area contributed by atoms with Crippen LogP contribution in [0.1, 0.15) is 5.56 Å². The molecule has 2 aliphatic rings. The Morgan fingerprint density at radius 2 is 2.06 bits per heavy atom. The molecule has 2 aromatic carbocycles. The first-order valence-corrected chi connectivity index (χ1v) is 11.0. The predicted octanol–water partition coefficient (Wildman–Crippen LogP) is 4.01. The van der Waals surface area contributed by atoms with Crippen LogP contribution in [0.2, 0.25) is 5.02 Å². The van der Waals surface area contributed by atoms with Crippen LogP contribution in [0.5, 0.6) is 0 Å². The molecular formula is C24H18ClFN6O2. The summed E-state index contributed by atoms with van der Waals surface area (Å²) in [6.07, 6.45) is 4.28. The number of H-pyrrole nitrogens is 1. The number of aromatic nitrogens is 3. The molecule has 0 radical (unpaired) electrons. The van der Waals surface area contributed by atoms with Gasteiger partial charge in [-0.2, -0.15) is 5.10 Å². The van der Waals surface area contributed by atoms with E-state index in [-0.39, 0.29) is 41.0 Å². The van der Waals surface area contributed by atoms with Gasteiger partial charge in [0, 0.05) is 21.9 Å². The van der Waals surface area contributed by atoms with Gasteiger partial charge in [0.15, 0.2) is 11.4 Å². The third-order valence-electron chi connectivity index (χ3n) is 6.59. The first kappa shape index (κ1) is 20.6. The lowest BCUT2D eigenvalue weighted by atomic mass is 9.85. The van der Waals surface area contributed by atoms with Crippen molar-refractivity contribution in [3.8, 4) is 11.1 Å². The van der Waals surface area contributed by atoms with Gasteiger partial charge in [-0.1, -0.05) is 24.2 Å². The van der Waals surface area contributed by atoms with E-state index in [1.807, 2.05) is 19.1 Å². The maximum Gasteiger partial charge on any atom is 0.253 e. The second-order valence-electron chi connectivity index (χ2n) is 8.64. The summed E-state index contributed by atoms with van der Waals surface area (Å²) in [6.45, 7) is 5.71. The van der Waals surface area contributed by atoms with Gasteiger partial charge in [0.1, 0.15) is 5.52 Å². The predicted molar refractivity (Wildman–Crippen MR) is 128 cm³/mol. The van der Waals surface area contributed by atoms with E-state index in [4.69, 9.17) is 11.6 Å². The third kappa shape index (κ3) is 2.70. The largest absolute Gasteiger partial charge is 0.366 e. The van der Waals surface area contributed by atoms with Crippen molar-refractivity contribution in [3.63, 3.8) is 0 Å². The van der Waals surface area contributed by atoms with Crippen LogP contribution in [-0.2, 0) is 9.59 Å². The molecule has 3 N–H and O–H groups in total. The molecule has 4 aromatic rings. The van der Waals surface area contributed by atoms with Crippen LogP contribution in [0, 0.1) is 12.7 Å². The molecule has 2 aliphatic heterocycles. The minimum atomic E-state index is -1.01. The van der Waals surface area contributed by atoms with Crippen LogP contribution < -0.4 is 10.6 Å². The standard InChI is InChI=1S/C24H18ClFN6O2/c1-3-17(33)32-9-24(10-32)23(34)29-16-8-27-22-12(21(16)30-24)6-14(25)19(20(22)26)18-11(2)4-5-15-13(18)7-28-31-15/h3-8,30H,1,9-10H2,2H3,(H,28,31)(H,29,34). The van der Waals surface area contributed by atoms with Crippen molar-refractivity contribution in [2.45, 2.75) is 12.5 Å². The molecular weight excluding hydrogens is 459 g/mol. The molecule has 0 unspecified atom stereocenters. The number of likely N-dealkylation sites (tertiary alicyclic amines) is 1. The van der Waals surface area contributed by atoms with Crippen LogP contribution >= 0.6 is 11.6 Å². The minimum absolute atomic E-state index is 0.121. The summed E-state index contributed by atoms with van der Waals surface area (Å²) in [6, 6.07) is 5.42. The molecule has 0 bridgehead atoms. The number of nitrogens with one attached hydrogen (secondary N) is 3. The van der Waals surface area contributed by atoms with Crippen LogP contribution in [0.4, 0.5) is 15.8 Å². The Hall–Kier alpha value is -3.98. The quantitative estimate of drug-likeness (QED) is 0.379. The highest BCUT2D eigenvalue weighted by atomic mass is 35.5. The van der Waals surface area contributed by atoms with Gasteiger partial charge in [-0.05, 0) is 30.7 Å². The lowest BCUT2D eigenvalue weighted by molar-refractivity contribution is -0.138. The number of aromatic amines is 1. The molecule has 2 amide bonds. The van der Waals surface area contributed by atoms with E-state index in [1.54, 1.807) is 12.3 Å². The SMILES string of the molecule is C=CC(=O)N1CC2(C1)Nc1c(cnc3c(F)c(-c4c(C)ccc5[nH]ncc45)c(Cl)cc13)NC2=O. The third-order valence-corrected chi connectivity index (χ3v) is 6.89. The fourth-order valence-corrected chi connectivity index (χ4v) is 5.12. The molecule has 1 saturated heterocycles. The number of fused-ring (bicyclic) bond motifs is 4. The normalized spacial score (nSPS) is 16.2. The zero-order chi connectivity index (χ0) is 23.8. The number of hydrogen-bond acceptors (Lipinski definition) is 5. The maximum atomic E-state index is 16.0. The van der Waals surface area contributed by atoms with Crippen LogP contribution in [0.25, 0.3) is 32.9 Å². The molecule has 1 fully saturated rings. The number of carbonyl (C=O) groups is 2. The number of hydrogen-bond donors (Lipinski definition) is 3. The lowest BCUT2D eigenvalue weighted by Gasteiger charge is -2.51. The van der Waals surface area contributed by atoms with Gasteiger partial charge >= 0.3 is 0 Å². The highest BCUT2D eigenvalue weighted by molar-refractivity contribution is 6.35. The lowest BCUT2D eigenvalue weighted by Crippen LogP contribution is -2.73. The number of nitrogens with zero attached hydrogens (tertiary/aromatic N) is 3. The Morgan fingerprint density at radius 1 is 1.26 bits per heavy atom. The van der Waals surface area contributed by atoms with E-state index in [2.05, 4.69) is 32.4 Å². The summed E-state index contributed by atoms with van der Waals surface area (Å²) in [5, 5.41) is 14.5. The average molecular weight is 477 g/mol. The second-order valence-corrected chi connectivity index (χ2v) is 9.05. The zero-order valence-corrected chi connectivity index (χ0v) is 18.8. The number of aryl methyl sites for hydroxylation is 1. The molecule has 34 heavy (non-hydrogen) atoms. The fourth-order valence-electron chi connectivity index (χ4n) is 4.83. The van der Waals surface area contributed by atoms with Crippen molar-refractivity contribution in [1.29, 1.82) is 0 Å². The van der Waals surface area contributed by atoms with E-state index < -0.39 is 11.4 Å². The van der Waals surface area contributed by atoms with Gasteiger partial charge in [-0.15, -0.1) is 0 Å². The van der Waals surface area contributed by atoms with E-state index in [0.29, 0.717) is 22.3 Å². The molecule has 6 rings (SSSR count). The number of amides is 2. The molecule has 0 atom stereocenters. The van der Waals surface area contributed by atoms with Gasteiger partial charge < -0.3 is 15.5 Å². The number of halogens is 2. The Bertz CT molecular complexity index is 1570. The van der Waals surface area contributed by atoms with Crippen molar-refractivity contribution in [3.05, 3.63) is 59.7 Å². The monoisotopic (exact) mass is 476 g/mol. The van der Waals surface area contributed by atoms with E-state index in [0.717, 1.165) is 16.5 Å². The van der Waals surface area contributed by atoms with E-state index in [1.165, 1.54) is 17.2 Å². The molecule has 170 valence electrons. The van der Waals surface area contributed by atoms with E-state index in [9.17, 15) is 9.59 Å². The molecule has 4 heterocycles. The summed E-state index contributed by atoms with van der Waals surface area (Å²) >= 11 is 6.68. The van der Waals surface area contributed by atoms with Gasteiger partial charge in [-0.3, -0.25) is 19.7 Å². The van der Waals surface area contributed by atoms with Crippen LogP contribution in [0.15, 0.2) is 43.2 Å². The zero-order valence-electron chi connectivity index (χ0n) is 18.0. The molecule has 2 aromatic heterocycles. The Kier molecular flexibility index (Phi) is 4.25. The summed E-state index contributed by atoms with van der Waals surface area (Å²) in [5.41, 5.74) is 2.55. The maximum absolute atomic E-state index is 16.0. The van der Waals surface area contributed by atoms with Crippen LogP contribution in [0.3, 0.4) is 0 Å². The number of anilines is 2. The average Bonchev–Trinajstić information content (AvgIpc) is 3.27. The molecule has 0 aliphatic carbocycles. The summed E-state index contributed by atoms with van der Waals surface area (Å²) in [7, 11) is 0. The topological polar surface area (TPSA) is 103 Å². The second kappa shape index (κ2) is 7.01. The Labute approximate surface area is 197 Å². The van der Waals surface area contributed by atoms with Crippen molar-refractivity contribution in [2.75, 3.05) is 23.7 Å². The van der Waals surface area contributed by atoms with Crippen molar-refractivity contribution in [1.82, 2.24) is 20.1 Å². The van der Waals surface area contributed by atoms with Gasteiger partial charge in [0.2, 0.25) is 5.91 Å². The number of benzene rings is 2. The Balaban J connectivity index is 1.51. The van der Waals surface area contributed by atoms with Gasteiger partial charge in [0.25, 0.3) is 5.91 Å². The molecule has 10 heteroatoms. The van der Waals surface area contributed by atoms with Gasteiger partial charge in [0.05, 0.1) is 47.4 Å². The van der Waals surface area contributed by atoms with E-state index >= 15 is 4.39 Å². The first-order chi connectivity index (χ1) is 16.3. The van der Waals surface area contributed by atoms with Gasteiger partial charge in [-0.25, -0.2) is 4.39 Å². The van der Waals surface area contributed by atoms with Crippen molar-refractivity contribution >= 4 is 56.6 Å².